The Morgan fingerprint density at radius 2 is 2.21 bits per heavy atom. The molecule has 1 rings (SSSR count). The lowest BCUT2D eigenvalue weighted by molar-refractivity contribution is -0.142. The second-order valence-corrected chi connectivity index (χ2v) is 3.66. The molecule has 0 atom stereocenters. The smallest absolute Gasteiger partial charge is 0.311 e. The molecule has 0 radical (unpaired) electrons. The van der Waals surface area contributed by atoms with Crippen molar-refractivity contribution >= 4 is 5.97 Å². The van der Waals surface area contributed by atoms with Crippen LogP contribution >= 0.6 is 0 Å². The lowest BCUT2D eigenvalue weighted by atomic mass is 10.1. The molecule has 1 heterocycles. The Balaban J connectivity index is 3.18. The van der Waals surface area contributed by atoms with Crippen LogP contribution in [0.15, 0.2) is 6.07 Å². The Bertz CT molecular complexity index is 453. The molecule has 0 saturated carbocycles. The third-order valence-electron chi connectivity index (χ3n) is 2.45. The predicted octanol–water partition coefficient (Wildman–Crippen LogP) is 1.59. The fourth-order valence-electron chi connectivity index (χ4n) is 1.63. The van der Waals surface area contributed by atoms with E-state index in [1.165, 1.54) is 7.11 Å². The van der Waals surface area contributed by atoms with Gasteiger partial charge in [-0.2, -0.15) is 0 Å². The summed E-state index contributed by atoms with van der Waals surface area (Å²) in [5.74, 6) is -0.342. The fraction of sp³-hybridized carbons (Fsp3) is 0.500. The summed E-state index contributed by atoms with van der Waals surface area (Å²) in [5.41, 5.74) is 5.69. The molecular weight excluding hydrogens is 258 g/mol. The van der Waals surface area contributed by atoms with Crippen molar-refractivity contribution in [2.45, 2.75) is 26.3 Å². The summed E-state index contributed by atoms with van der Waals surface area (Å²) in [5, 5.41) is 0. The molecule has 0 amide bonds. The first-order valence-corrected chi connectivity index (χ1v) is 5.73. The van der Waals surface area contributed by atoms with Crippen molar-refractivity contribution in [3.8, 4) is 5.75 Å². The van der Waals surface area contributed by atoms with E-state index in [0.29, 0.717) is 5.56 Å². The molecule has 0 aromatic carbocycles. The van der Waals surface area contributed by atoms with E-state index in [4.69, 9.17) is 15.2 Å². The zero-order chi connectivity index (χ0) is 14.4. The number of aromatic nitrogens is 1. The quantitative estimate of drug-likeness (QED) is 0.797. The van der Waals surface area contributed by atoms with Crippen molar-refractivity contribution in [3.05, 3.63) is 23.0 Å². The van der Waals surface area contributed by atoms with E-state index in [2.05, 4.69) is 4.98 Å². The molecule has 0 unspecified atom stereocenters. The summed E-state index contributed by atoms with van der Waals surface area (Å²) >= 11 is 0. The van der Waals surface area contributed by atoms with Gasteiger partial charge >= 0.3 is 5.97 Å². The normalized spacial score (nSPS) is 10.6. The van der Waals surface area contributed by atoms with Gasteiger partial charge in [-0.05, 0) is 6.92 Å². The fourth-order valence-corrected chi connectivity index (χ4v) is 1.63. The number of ether oxygens (including phenoxy) is 2. The van der Waals surface area contributed by atoms with Gasteiger partial charge in [-0.1, -0.05) is 0 Å². The highest BCUT2D eigenvalue weighted by atomic mass is 19.3. The van der Waals surface area contributed by atoms with E-state index in [0.717, 1.165) is 6.07 Å². The molecule has 5 nitrogen and oxygen atoms in total. The van der Waals surface area contributed by atoms with Gasteiger partial charge in [0, 0.05) is 18.2 Å². The maximum atomic E-state index is 12.7. The van der Waals surface area contributed by atoms with Gasteiger partial charge in [-0.25, -0.2) is 8.78 Å². The van der Waals surface area contributed by atoms with Crippen LogP contribution in [-0.2, 0) is 22.5 Å². The molecule has 0 saturated heterocycles. The lowest BCUT2D eigenvalue weighted by Gasteiger charge is -2.13. The molecule has 106 valence electrons. The molecule has 2 N–H and O–H groups in total. The Kier molecular flexibility index (Phi) is 5.62. The lowest BCUT2D eigenvalue weighted by Crippen LogP contribution is -2.15. The second kappa shape index (κ2) is 6.98. The van der Waals surface area contributed by atoms with Crippen LogP contribution < -0.4 is 10.5 Å². The number of hydrogen-bond acceptors (Lipinski definition) is 5. The molecule has 0 aliphatic rings. The van der Waals surface area contributed by atoms with E-state index in [1.54, 1.807) is 6.92 Å². The van der Waals surface area contributed by atoms with Gasteiger partial charge in [0.1, 0.15) is 11.4 Å². The topological polar surface area (TPSA) is 74.4 Å². The minimum Gasteiger partial charge on any atom is -0.496 e. The van der Waals surface area contributed by atoms with Crippen molar-refractivity contribution in [1.29, 1.82) is 0 Å². The first-order valence-electron chi connectivity index (χ1n) is 5.73. The van der Waals surface area contributed by atoms with Gasteiger partial charge in [0.2, 0.25) is 0 Å². The highest BCUT2D eigenvalue weighted by molar-refractivity contribution is 5.72. The molecular formula is C12H16F2N2O3. The van der Waals surface area contributed by atoms with Crippen molar-refractivity contribution < 1.29 is 23.0 Å². The van der Waals surface area contributed by atoms with Crippen LogP contribution in [0.3, 0.4) is 0 Å². The average molecular weight is 274 g/mol. The van der Waals surface area contributed by atoms with E-state index >= 15 is 0 Å². The SMILES string of the molecule is CCOC(=O)Cc1nc(C(F)F)cc(OC)c1CN. The highest BCUT2D eigenvalue weighted by Gasteiger charge is 2.19. The van der Waals surface area contributed by atoms with Gasteiger partial charge in [0.15, 0.2) is 0 Å². The average Bonchev–Trinajstić information content (AvgIpc) is 2.37. The minimum absolute atomic E-state index is 0.0361. The summed E-state index contributed by atoms with van der Waals surface area (Å²) in [7, 11) is 1.35. The summed E-state index contributed by atoms with van der Waals surface area (Å²) in [6.45, 7) is 1.90. The van der Waals surface area contributed by atoms with Gasteiger partial charge in [-0.3, -0.25) is 9.78 Å². The van der Waals surface area contributed by atoms with Gasteiger partial charge in [-0.15, -0.1) is 0 Å². The third kappa shape index (κ3) is 3.85. The summed E-state index contributed by atoms with van der Waals surface area (Å²) < 4.78 is 35.2. The van der Waals surface area contributed by atoms with Crippen molar-refractivity contribution in [3.63, 3.8) is 0 Å². The summed E-state index contributed by atoms with van der Waals surface area (Å²) in [4.78, 5) is 15.2. The van der Waals surface area contributed by atoms with Crippen LogP contribution in [0.2, 0.25) is 0 Å². The molecule has 0 fully saturated rings. The predicted molar refractivity (Wildman–Crippen MR) is 64.0 cm³/mol. The molecule has 0 spiro atoms. The van der Waals surface area contributed by atoms with Crippen LogP contribution in [0.25, 0.3) is 0 Å². The Morgan fingerprint density at radius 3 is 2.68 bits per heavy atom. The van der Waals surface area contributed by atoms with E-state index < -0.39 is 18.1 Å². The molecule has 1 aromatic heterocycles. The van der Waals surface area contributed by atoms with Crippen LogP contribution in [0.4, 0.5) is 8.78 Å². The zero-order valence-corrected chi connectivity index (χ0v) is 10.8. The number of alkyl halides is 2. The third-order valence-corrected chi connectivity index (χ3v) is 2.45. The molecule has 7 heteroatoms. The van der Waals surface area contributed by atoms with Crippen molar-refractivity contribution in [1.82, 2.24) is 4.98 Å². The molecule has 19 heavy (non-hydrogen) atoms. The molecule has 1 aromatic rings. The number of nitrogens with zero attached hydrogens (tertiary/aromatic N) is 1. The Morgan fingerprint density at radius 1 is 1.53 bits per heavy atom. The number of methoxy groups -OCH3 is 1. The first-order chi connectivity index (χ1) is 9.03. The second-order valence-electron chi connectivity index (χ2n) is 3.66. The number of carbonyl (C=O) groups excluding carboxylic acids is 1. The highest BCUT2D eigenvalue weighted by Crippen LogP contribution is 2.27. The molecule has 0 aliphatic carbocycles. The monoisotopic (exact) mass is 274 g/mol. The van der Waals surface area contributed by atoms with E-state index in [-0.39, 0.29) is 31.0 Å². The summed E-state index contributed by atoms with van der Waals surface area (Å²) in [6, 6.07) is 1.13. The van der Waals surface area contributed by atoms with Gasteiger partial charge in [0.05, 0.1) is 25.8 Å². The standard InChI is InChI=1S/C12H16F2N2O3/c1-3-19-11(17)5-8-7(6-15)10(18-2)4-9(16-8)12(13)14/h4,12H,3,5-6,15H2,1-2H3. The number of halogens is 2. The van der Waals surface area contributed by atoms with Crippen LogP contribution in [-0.4, -0.2) is 24.7 Å². The number of hydrogen-bond donors (Lipinski definition) is 1. The molecule has 0 bridgehead atoms. The zero-order valence-electron chi connectivity index (χ0n) is 10.8. The number of nitrogens with two attached hydrogens (primary N) is 1. The van der Waals surface area contributed by atoms with Crippen molar-refractivity contribution in [2.24, 2.45) is 5.73 Å². The van der Waals surface area contributed by atoms with Crippen LogP contribution in [0.5, 0.6) is 5.75 Å². The Hall–Kier alpha value is -1.76. The Labute approximate surface area is 109 Å². The van der Waals surface area contributed by atoms with Gasteiger partial charge in [0.25, 0.3) is 6.43 Å². The van der Waals surface area contributed by atoms with Crippen LogP contribution in [0.1, 0.15) is 30.3 Å². The number of rotatable bonds is 6. The number of pyridine rings is 1. The first kappa shape index (κ1) is 15.3. The van der Waals surface area contributed by atoms with Crippen LogP contribution in [0, 0.1) is 0 Å². The largest absolute Gasteiger partial charge is 0.496 e. The van der Waals surface area contributed by atoms with E-state index in [9.17, 15) is 13.6 Å². The van der Waals surface area contributed by atoms with Gasteiger partial charge < -0.3 is 15.2 Å². The maximum Gasteiger partial charge on any atom is 0.311 e. The van der Waals surface area contributed by atoms with Crippen molar-refractivity contribution in [2.75, 3.05) is 13.7 Å². The molecule has 0 aliphatic heterocycles. The minimum atomic E-state index is -2.75. The number of esters is 1. The maximum absolute atomic E-state index is 12.7. The number of carbonyl (C=O) groups is 1. The summed E-state index contributed by atoms with van der Waals surface area (Å²) in [6.07, 6.45) is -2.96. The van der Waals surface area contributed by atoms with E-state index in [1.807, 2.05) is 0 Å².